The number of hydrogen-bond donors (Lipinski definition) is 1. The number of carbonyl (C=O) groups excluding carboxylic acids is 2. The molecule has 0 radical (unpaired) electrons. The summed E-state index contributed by atoms with van der Waals surface area (Å²) in [6.07, 6.45) is 2.73. The molecule has 2 aliphatic rings. The van der Waals surface area contributed by atoms with E-state index in [1.165, 1.54) is 0 Å². The van der Waals surface area contributed by atoms with Crippen molar-refractivity contribution in [1.29, 1.82) is 0 Å². The molecule has 0 spiro atoms. The first-order valence-electron chi connectivity index (χ1n) is 8.85. The molecule has 2 aliphatic heterocycles. The highest BCUT2D eigenvalue weighted by Gasteiger charge is 2.37. The van der Waals surface area contributed by atoms with E-state index >= 15 is 0 Å². The first-order chi connectivity index (χ1) is 11.6. The Morgan fingerprint density at radius 3 is 2.62 bits per heavy atom. The monoisotopic (exact) mass is 330 g/mol. The zero-order valence-electron chi connectivity index (χ0n) is 14.2. The highest BCUT2D eigenvalue weighted by atomic mass is 16.3. The van der Waals surface area contributed by atoms with Gasteiger partial charge in [0.2, 0.25) is 11.8 Å². The number of carbonyl (C=O) groups is 2. The minimum absolute atomic E-state index is 0.0442. The van der Waals surface area contributed by atoms with Crippen molar-refractivity contribution in [2.24, 2.45) is 5.92 Å². The molecule has 2 fully saturated rings. The number of aliphatic hydroxyl groups excluding tert-OH is 1. The van der Waals surface area contributed by atoms with Crippen LogP contribution in [-0.2, 0) is 9.59 Å². The van der Waals surface area contributed by atoms with Crippen molar-refractivity contribution in [1.82, 2.24) is 9.80 Å². The predicted molar refractivity (Wildman–Crippen MR) is 91.1 cm³/mol. The number of hydrogen-bond acceptors (Lipinski definition) is 3. The molecule has 5 nitrogen and oxygen atoms in total. The van der Waals surface area contributed by atoms with Gasteiger partial charge in [0.05, 0.1) is 12.0 Å². The molecule has 3 unspecified atom stereocenters. The van der Waals surface area contributed by atoms with Crippen LogP contribution in [0.1, 0.15) is 44.3 Å². The van der Waals surface area contributed by atoms with Crippen molar-refractivity contribution >= 4 is 11.8 Å². The van der Waals surface area contributed by atoms with Crippen LogP contribution in [0.25, 0.3) is 0 Å². The van der Waals surface area contributed by atoms with E-state index in [1.54, 1.807) is 11.8 Å². The predicted octanol–water partition coefficient (Wildman–Crippen LogP) is 1.97. The van der Waals surface area contributed by atoms with E-state index in [-0.39, 0.29) is 23.8 Å². The van der Waals surface area contributed by atoms with Gasteiger partial charge in [-0.3, -0.25) is 9.59 Å². The molecule has 0 saturated carbocycles. The molecular weight excluding hydrogens is 304 g/mol. The molecule has 3 atom stereocenters. The number of nitrogens with zero attached hydrogens (tertiary/aromatic N) is 2. The zero-order chi connectivity index (χ0) is 17.1. The number of rotatable bonds is 4. The summed E-state index contributed by atoms with van der Waals surface area (Å²) in [6, 6.07) is 9.72. The van der Waals surface area contributed by atoms with Crippen LogP contribution in [0.15, 0.2) is 30.3 Å². The van der Waals surface area contributed by atoms with Gasteiger partial charge in [0.25, 0.3) is 0 Å². The Morgan fingerprint density at radius 1 is 1.21 bits per heavy atom. The van der Waals surface area contributed by atoms with Crippen molar-refractivity contribution in [3.63, 3.8) is 0 Å². The second-order valence-corrected chi connectivity index (χ2v) is 6.94. The average molecular weight is 330 g/mol. The zero-order valence-corrected chi connectivity index (χ0v) is 14.2. The van der Waals surface area contributed by atoms with Gasteiger partial charge in [0.15, 0.2) is 0 Å². The van der Waals surface area contributed by atoms with Gasteiger partial charge in [0, 0.05) is 32.6 Å². The maximum Gasteiger partial charge on any atom is 0.227 e. The van der Waals surface area contributed by atoms with Crippen LogP contribution in [-0.4, -0.2) is 52.4 Å². The highest BCUT2D eigenvalue weighted by Crippen LogP contribution is 2.30. The molecule has 2 amide bonds. The third-order valence-corrected chi connectivity index (χ3v) is 5.32. The largest absolute Gasteiger partial charge is 0.388 e. The Balaban J connectivity index is 1.61. The fraction of sp³-hybridized carbons (Fsp3) is 0.579. The molecular formula is C19H26N2O3. The molecule has 5 heteroatoms. The molecule has 0 bridgehead atoms. The molecule has 1 aromatic carbocycles. The van der Waals surface area contributed by atoms with Gasteiger partial charge in [-0.2, -0.15) is 0 Å². The van der Waals surface area contributed by atoms with Crippen molar-refractivity contribution < 1.29 is 14.7 Å². The van der Waals surface area contributed by atoms with Crippen LogP contribution in [0.5, 0.6) is 0 Å². The van der Waals surface area contributed by atoms with Gasteiger partial charge in [-0.15, -0.1) is 0 Å². The van der Waals surface area contributed by atoms with E-state index in [9.17, 15) is 14.7 Å². The van der Waals surface area contributed by atoms with Crippen molar-refractivity contribution in [3.05, 3.63) is 35.9 Å². The van der Waals surface area contributed by atoms with Crippen LogP contribution in [0, 0.1) is 5.92 Å². The van der Waals surface area contributed by atoms with Crippen LogP contribution >= 0.6 is 0 Å². The van der Waals surface area contributed by atoms with Crippen molar-refractivity contribution in [3.8, 4) is 0 Å². The number of amides is 2. The molecule has 130 valence electrons. The summed E-state index contributed by atoms with van der Waals surface area (Å²) in [5.74, 6) is 0.118. The van der Waals surface area contributed by atoms with Gasteiger partial charge >= 0.3 is 0 Å². The SMILES string of the molecule is CC(=O)N1CCC(C(=O)N2CCCC2CC(O)c2ccccc2)C1. The smallest absolute Gasteiger partial charge is 0.227 e. The summed E-state index contributed by atoms with van der Waals surface area (Å²) in [6.45, 7) is 3.54. The Hall–Kier alpha value is -1.88. The maximum absolute atomic E-state index is 12.9. The minimum atomic E-state index is -0.540. The van der Waals surface area contributed by atoms with Gasteiger partial charge in [-0.1, -0.05) is 30.3 Å². The van der Waals surface area contributed by atoms with Crippen LogP contribution in [0.4, 0.5) is 0 Å². The van der Waals surface area contributed by atoms with Gasteiger partial charge < -0.3 is 14.9 Å². The average Bonchev–Trinajstić information content (AvgIpc) is 3.24. The molecule has 1 N–H and O–H groups in total. The fourth-order valence-corrected chi connectivity index (χ4v) is 3.92. The summed E-state index contributed by atoms with van der Waals surface area (Å²) >= 11 is 0. The Bertz CT molecular complexity index is 590. The standard InChI is InChI=1S/C19H26N2O3/c1-14(22)20-11-9-16(13-20)19(24)21-10-5-8-17(21)12-18(23)15-6-3-2-4-7-15/h2-4,6-7,16-18,23H,5,8-13H2,1H3. The van der Waals surface area contributed by atoms with Crippen LogP contribution in [0.2, 0.25) is 0 Å². The van der Waals surface area contributed by atoms with E-state index < -0.39 is 6.10 Å². The lowest BCUT2D eigenvalue weighted by Crippen LogP contribution is -2.41. The van der Waals surface area contributed by atoms with Crippen LogP contribution < -0.4 is 0 Å². The Morgan fingerprint density at radius 2 is 1.96 bits per heavy atom. The molecule has 1 aromatic rings. The number of likely N-dealkylation sites (tertiary alicyclic amines) is 2. The third-order valence-electron chi connectivity index (χ3n) is 5.32. The van der Waals surface area contributed by atoms with Crippen LogP contribution in [0.3, 0.4) is 0 Å². The summed E-state index contributed by atoms with van der Waals surface area (Å²) in [4.78, 5) is 28.0. The minimum Gasteiger partial charge on any atom is -0.388 e. The van der Waals surface area contributed by atoms with E-state index in [2.05, 4.69) is 0 Å². The number of aliphatic hydroxyl groups is 1. The van der Waals surface area contributed by atoms with Gasteiger partial charge in [-0.05, 0) is 31.2 Å². The van der Waals surface area contributed by atoms with Crippen molar-refractivity contribution in [2.45, 2.75) is 44.8 Å². The van der Waals surface area contributed by atoms with Gasteiger partial charge in [-0.25, -0.2) is 0 Å². The maximum atomic E-state index is 12.9. The summed E-state index contributed by atoms with van der Waals surface area (Å²) < 4.78 is 0. The quantitative estimate of drug-likeness (QED) is 0.918. The topological polar surface area (TPSA) is 60.9 Å². The lowest BCUT2D eigenvalue weighted by atomic mass is 9.99. The molecule has 0 aliphatic carbocycles. The van der Waals surface area contributed by atoms with E-state index in [4.69, 9.17) is 0 Å². The van der Waals surface area contributed by atoms with E-state index in [1.807, 2.05) is 35.2 Å². The highest BCUT2D eigenvalue weighted by molar-refractivity contribution is 5.82. The molecule has 24 heavy (non-hydrogen) atoms. The second-order valence-electron chi connectivity index (χ2n) is 6.94. The summed E-state index contributed by atoms with van der Waals surface area (Å²) in [5, 5.41) is 10.5. The molecule has 3 rings (SSSR count). The lowest BCUT2D eigenvalue weighted by molar-refractivity contribution is -0.136. The van der Waals surface area contributed by atoms with E-state index in [0.29, 0.717) is 19.5 Å². The molecule has 2 heterocycles. The van der Waals surface area contributed by atoms with Crippen molar-refractivity contribution in [2.75, 3.05) is 19.6 Å². The third kappa shape index (κ3) is 3.61. The fourth-order valence-electron chi connectivity index (χ4n) is 3.92. The molecule has 0 aromatic heterocycles. The second kappa shape index (κ2) is 7.34. The normalized spacial score (nSPS) is 25.1. The molecule has 2 saturated heterocycles. The first-order valence-corrected chi connectivity index (χ1v) is 8.85. The Kier molecular flexibility index (Phi) is 5.19. The number of benzene rings is 1. The summed E-state index contributed by atoms with van der Waals surface area (Å²) in [7, 11) is 0. The first kappa shape index (κ1) is 17.0. The lowest BCUT2D eigenvalue weighted by Gasteiger charge is -2.29. The van der Waals surface area contributed by atoms with Gasteiger partial charge in [0.1, 0.15) is 0 Å². The summed E-state index contributed by atoms with van der Waals surface area (Å²) in [5.41, 5.74) is 0.903. The van der Waals surface area contributed by atoms with E-state index in [0.717, 1.165) is 31.4 Å². The Labute approximate surface area is 143 Å².